The van der Waals surface area contributed by atoms with Gasteiger partial charge in [-0.15, -0.1) is 12.4 Å². The maximum Gasteiger partial charge on any atom is 0.405 e. The summed E-state index contributed by atoms with van der Waals surface area (Å²) >= 11 is 0. The summed E-state index contributed by atoms with van der Waals surface area (Å²) in [5.41, 5.74) is 0.210. The summed E-state index contributed by atoms with van der Waals surface area (Å²) in [5.74, 6) is -0.692. The Balaban J connectivity index is 0.00000338. The van der Waals surface area contributed by atoms with Crippen LogP contribution in [-0.2, 0) is 0 Å². The van der Waals surface area contributed by atoms with Gasteiger partial charge in [0, 0.05) is 49.9 Å². The highest BCUT2D eigenvalue weighted by atomic mass is 35.5. The molecule has 1 aromatic carbocycles. The lowest BCUT2D eigenvalue weighted by molar-refractivity contribution is -0.385. The van der Waals surface area contributed by atoms with Crippen LogP contribution in [0.1, 0.15) is 15.9 Å². The fraction of sp³-hybridized carbons (Fsp3) is 0.533. The number of piperazine rings is 1. The second kappa shape index (κ2) is 9.15. The fourth-order valence-electron chi connectivity index (χ4n) is 2.74. The summed E-state index contributed by atoms with van der Waals surface area (Å²) in [5, 5.41) is 16.0. The van der Waals surface area contributed by atoms with Crippen LogP contribution in [0.15, 0.2) is 18.2 Å². The minimum Gasteiger partial charge on any atom is -0.350 e. The van der Waals surface area contributed by atoms with Gasteiger partial charge in [0.25, 0.3) is 11.6 Å². The molecule has 0 spiro atoms. The molecule has 1 fully saturated rings. The van der Waals surface area contributed by atoms with E-state index in [-0.39, 0.29) is 42.3 Å². The van der Waals surface area contributed by atoms with Crippen molar-refractivity contribution in [3.8, 4) is 0 Å². The molecule has 1 aromatic rings. The number of rotatable bonds is 5. The minimum absolute atomic E-state index is 0. The Morgan fingerprint density at radius 3 is 2.50 bits per heavy atom. The van der Waals surface area contributed by atoms with Gasteiger partial charge in [0.05, 0.1) is 4.92 Å². The van der Waals surface area contributed by atoms with Crippen LogP contribution in [0.5, 0.6) is 0 Å². The number of aryl methyl sites for hydroxylation is 1. The molecule has 1 aliphatic heterocycles. The lowest BCUT2D eigenvalue weighted by atomic mass is 10.1. The summed E-state index contributed by atoms with van der Waals surface area (Å²) in [6, 6.07) is 1.92. The van der Waals surface area contributed by atoms with E-state index in [0.29, 0.717) is 13.1 Å². The van der Waals surface area contributed by atoms with Crippen molar-refractivity contribution in [3.63, 3.8) is 0 Å². The van der Waals surface area contributed by atoms with Gasteiger partial charge in [-0.1, -0.05) is 0 Å². The summed E-state index contributed by atoms with van der Waals surface area (Å²) in [6.07, 6.45) is -4.46. The molecule has 1 atom stereocenters. The Bertz CT molecular complexity index is 652. The average Bonchev–Trinajstić information content (AvgIpc) is 2.54. The topological polar surface area (TPSA) is 87.5 Å². The number of hydrogen-bond acceptors (Lipinski definition) is 5. The first-order chi connectivity index (χ1) is 11.7. The quantitative estimate of drug-likeness (QED) is 0.586. The van der Waals surface area contributed by atoms with Crippen LogP contribution in [-0.4, -0.2) is 60.7 Å². The molecule has 1 unspecified atom stereocenters. The van der Waals surface area contributed by atoms with E-state index in [1.165, 1.54) is 30.0 Å². The van der Waals surface area contributed by atoms with Gasteiger partial charge in [-0.25, -0.2) is 0 Å². The lowest BCUT2D eigenvalue weighted by Crippen LogP contribution is -2.57. The SMILES string of the molecule is Cc1cc(C(=O)NCC(N2CCNCC2)C(F)(F)F)ccc1[N+](=O)[O-].Cl. The fourth-order valence-corrected chi connectivity index (χ4v) is 2.74. The maximum atomic E-state index is 13.3. The number of nitrogens with zero attached hydrogens (tertiary/aromatic N) is 2. The third kappa shape index (κ3) is 5.55. The Morgan fingerprint density at radius 1 is 1.38 bits per heavy atom. The Labute approximate surface area is 154 Å². The second-order valence-corrected chi connectivity index (χ2v) is 5.81. The molecule has 0 aromatic heterocycles. The molecule has 0 radical (unpaired) electrons. The molecule has 0 bridgehead atoms. The van der Waals surface area contributed by atoms with Gasteiger partial charge >= 0.3 is 6.18 Å². The highest BCUT2D eigenvalue weighted by Crippen LogP contribution is 2.25. The molecule has 146 valence electrons. The molecular weight excluding hydrogens is 377 g/mol. The van der Waals surface area contributed by atoms with Gasteiger partial charge in [0.15, 0.2) is 0 Å². The number of carbonyl (C=O) groups excluding carboxylic acids is 1. The summed E-state index contributed by atoms with van der Waals surface area (Å²) in [6.45, 7) is 2.31. The standard InChI is InChI=1S/C15H19F3N4O3.ClH/c1-10-8-11(2-3-12(10)22(24)25)14(23)20-9-13(15(16,17)18)21-6-4-19-5-7-21;/h2-3,8,13,19H,4-7,9H2,1H3,(H,20,23);1H. The van der Waals surface area contributed by atoms with E-state index in [9.17, 15) is 28.1 Å². The number of hydrogen-bond donors (Lipinski definition) is 2. The number of alkyl halides is 3. The van der Waals surface area contributed by atoms with E-state index in [2.05, 4.69) is 10.6 Å². The highest BCUT2D eigenvalue weighted by molar-refractivity contribution is 5.94. The van der Waals surface area contributed by atoms with Gasteiger partial charge in [-0.3, -0.25) is 19.8 Å². The molecule has 7 nitrogen and oxygen atoms in total. The van der Waals surface area contributed by atoms with Crippen molar-refractivity contribution in [1.29, 1.82) is 0 Å². The van der Waals surface area contributed by atoms with Crippen LogP contribution < -0.4 is 10.6 Å². The maximum absolute atomic E-state index is 13.3. The Hall–Kier alpha value is -1.91. The van der Waals surface area contributed by atoms with Gasteiger partial charge in [0.1, 0.15) is 6.04 Å². The van der Waals surface area contributed by atoms with E-state index in [1.54, 1.807) is 0 Å². The van der Waals surface area contributed by atoms with Crippen molar-refractivity contribution in [3.05, 3.63) is 39.4 Å². The summed E-state index contributed by atoms with van der Waals surface area (Å²) in [4.78, 5) is 23.6. The third-order valence-corrected chi connectivity index (χ3v) is 4.08. The second-order valence-electron chi connectivity index (χ2n) is 5.81. The zero-order valence-electron chi connectivity index (χ0n) is 14.0. The smallest absolute Gasteiger partial charge is 0.350 e. The van der Waals surface area contributed by atoms with Crippen molar-refractivity contribution < 1.29 is 22.9 Å². The lowest BCUT2D eigenvalue weighted by Gasteiger charge is -2.35. The van der Waals surface area contributed by atoms with Gasteiger partial charge in [-0.2, -0.15) is 13.2 Å². The van der Waals surface area contributed by atoms with Gasteiger partial charge < -0.3 is 10.6 Å². The molecule has 1 heterocycles. The molecule has 1 amide bonds. The predicted octanol–water partition coefficient (Wildman–Crippen LogP) is 1.89. The summed E-state index contributed by atoms with van der Waals surface area (Å²) < 4.78 is 39.8. The number of nitro groups is 1. The van der Waals surface area contributed by atoms with Crippen LogP contribution in [0.3, 0.4) is 0 Å². The molecule has 1 saturated heterocycles. The molecule has 0 aliphatic carbocycles. The number of nitro benzene ring substituents is 1. The first-order valence-electron chi connectivity index (χ1n) is 7.75. The molecule has 0 saturated carbocycles. The van der Waals surface area contributed by atoms with Crippen LogP contribution >= 0.6 is 12.4 Å². The van der Waals surface area contributed by atoms with E-state index < -0.39 is 29.6 Å². The number of carbonyl (C=O) groups is 1. The van der Waals surface area contributed by atoms with Crippen LogP contribution in [0, 0.1) is 17.0 Å². The number of benzene rings is 1. The minimum atomic E-state index is -4.46. The van der Waals surface area contributed by atoms with Crippen molar-refractivity contribution in [2.24, 2.45) is 0 Å². The number of nitrogens with one attached hydrogen (secondary N) is 2. The van der Waals surface area contributed by atoms with Crippen LogP contribution in [0.2, 0.25) is 0 Å². The Kier molecular flexibility index (Phi) is 7.79. The molecule has 2 rings (SSSR count). The molecular formula is C15H20ClF3N4O3. The van der Waals surface area contributed by atoms with E-state index in [4.69, 9.17) is 0 Å². The van der Waals surface area contributed by atoms with E-state index in [1.807, 2.05) is 0 Å². The first-order valence-corrected chi connectivity index (χ1v) is 7.75. The summed E-state index contributed by atoms with van der Waals surface area (Å²) in [7, 11) is 0. The van der Waals surface area contributed by atoms with Crippen molar-refractivity contribution >= 4 is 24.0 Å². The number of amides is 1. The van der Waals surface area contributed by atoms with Crippen LogP contribution in [0.25, 0.3) is 0 Å². The van der Waals surface area contributed by atoms with Crippen molar-refractivity contribution in [2.75, 3.05) is 32.7 Å². The monoisotopic (exact) mass is 396 g/mol. The largest absolute Gasteiger partial charge is 0.405 e. The Morgan fingerprint density at radius 2 is 2.00 bits per heavy atom. The van der Waals surface area contributed by atoms with E-state index >= 15 is 0 Å². The molecule has 26 heavy (non-hydrogen) atoms. The first kappa shape index (κ1) is 22.1. The van der Waals surface area contributed by atoms with Crippen LogP contribution in [0.4, 0.5) is 18.9 Å². The zero-order chi connectivity index (χ0) is 18.6. The third-order valence-electron chi connectivity index (χ3n) is 4.08. The van der Waals surface area contributed by atoms with Gasteiger partial charge in [0.2, 0.25) is 0 Å². The highest BCUT2D eigenvalue weighted by Gasteiger charge is 2.43. The predicted molar refractivity (Wildman–Crippen MR) is 91.7 cm³/mol. The molecule has 11 heteroatoms. The number of halogens is 4. The van der Waals surface area contributed by atoms with Crippen molar-refractivity contribution in [1.82, 2.24) is 15.5 Å². The zero-order valence-corrected chi connectivity index (χ0v) is 14.8. The van der Waals surface area contributed by atoms with Gasteiger partial charge in [-0.05, 0) is 19.1 Å². The average molecular weight is 397 g/mol. The van der Waals surface area contributed by atoms with E-state index in [0.717, 1.165) is 0 Å². The molecule has 2 N–H and O–H groups in total. The molecule has 1 aliphatic rings. The van der Waals surface area contributed by atoms with Crippen molar-refractivity contribution in [2.45, 2.75) is 19.1 Å². The normalized spacial score (nSPS) is 16.5.